The molecule has 2 aromatic carbocycles. The number of ether oxygens (including phenoxy) is 1. The Labute approximate surface area is 274 Å². The van der Waals surface area contributed by atoms with Crippen LogP contribution >= 0.6 is 22.7 Å². The van der Waals surface area contributed by atoms with Crippen molar-refractivity contribution in [3.05, 3.63) is 78.6 Å². The van der Waals surface area contributed by atoms with Crippen LogP contribution in [0.5, 0.6) is 5.75 Å². The monoisotopic (exact) mass is 667 g/mol. The highest BCUT2D eigenvalue weighted by molar-refractivity contribution is 7.16. The van der Waals surface area contributed by atoms with Crippen LogP contribution in [-0.4, -0.2) is 88.0 Å². The van der Waals surface area contributed by atoms with Gasteiger partial charge in [0.2, 0.25) is 0 Å². The van der Waals surface area contributed by atoms with Crippen molar-refractivity contribution < 1.29 is 23.8 Å². The number of nitrogens with one attached hydrogen (secondary N) is 2. The maximum Gasteiger partial charge on any atom is 0.305 e. The van der Waals surface area contributed by atoms with E-state index in [0.717, 1.165) is 47.8 Å². The SMILES string of the molecule is CC(C)c1nc(C(=O)N2CCOC3(CCN(Cc4ccc(F)c(CCNCC(=O)c5ccc(O)c6[nH]c(=O)sc56)c4)CC3)C2)cs1. The van der Waals surface area contributed by atoms with E-state index in [-0.39, 0.29) is 45.8 Å². The molecule has 13 heteroatoms. The van der Waals surface area contributed by atoms with Crippen LogP contribution in [0.2, 0.25) is 0 Å². The van der Waals surface area contributed by atoms with Gasteiger partial charge in [-0.25, -0.2) is 9.37 Å². The summed E-state index contributed by atoms with van der Waals surface area (Å²) >= 11 is 2.42. The van der Waals surface area contributed by atoms with Gasteiger partial charge in [0.1, 0.15) is 22.8 Å². The number of aromatic hydroxyl groups is 1. The van der Waals surface area contributed by atoms with Gasteiger partial charge < -0.3 is 25.0 Å². The number of aromatic nitrogens is 2. The van der Waals surface area contributed by atoms with Crippen LogP contribution < -0.4 is 10.2 Å². The van der Waals surface area contributed by atoms with Crippen molar-refractivity contribution in [1.82, 2.24) is 25.1 Å². The number of likely N-dealkylation sites (tertiary alicyclic amines) is 1. The number of Topliss-reactive ketones (excluding diaryl/α,β-unsaturated/α-hetero) is 1. The molecule has 0 unspecified atom stereocenters. The number of benzene rings is 2. The Hall–Kier alpha value is -3.49. The summed E-state index contributed by atoms with van der Waals surface area (Å²) in [5.41, 5.74) is 2.38. The molecule has 2 saturated heterocycles. The summed E-state index contributed by atoms with van der Waals surface area (Å²) in [7, 11) is 0. The Bertz CT molecular complexity index is 1790. The number of amides is 1. The lowest BCUT2D eigenvalue weighted by Crippen LogP contribution is -2.58. The number of thiazole rings is 2. The molecule has 10 nitrogen and oxygen atoms in total. The molecule has 244 valence electrons. The lowest BCUT2D eigenvalue weighted by Gasteiger charge is -2.47. The lowest BCUT2D eigenvalue weighted by molar-refractivity contribution is -0.128. The predicted molar refractivity (Wildman–Crippen MR) is 177 cm³/mol. The zero-order chi connectivity index (χ0) is 32.4. The molecule has 2 aromatic heterocycles. The topological polar surface area (TPSA) is 128 Å². The van der Waals surface area contributed by atoms with E-state index in [1.165, 1.54) is 29.5 Å². The summed E-state index contributed by atoms with van der Waals surface area (Å²) in [5, 5.41) is 15.9. The number of aromatic amines is 1. The molecule has 1 spiro atoms. The standard InChI is InChI=1S/C33H38FN5O5S2/c1-20(2)30-36-25(18-45-30)31(42)39-13-14-44-33(19-39)8-11-38(12-9-33)17-21-3-5-24(34)22(15-21)7-10-35-16-27(41)23-4-6-26(40)28-29(23)46-32(43)37-28/h3-6,15,18,20,35,40H,7-14,16-17,19H2,1-2H3,(H,37,43). The minimum atomic E-state index is -0.358. The summed E-state index contributed by atoms with van der Waals surface area (Å²) in [6.45, 7) is 8.53. The summed E-state index contributed by atoms with van der Waals surface area (Å²) in [5.74, 6) is -0.308. The van der Waals surface area contributed by atoms with E-state index < -0.39 is 0 Å². The molecule has 2 aliphatic rings. The number of phenols is 1. The number of hydrogen-bond acceptors (Lipinski definition) is 10. The smallest absolute Gasteiger partial charge is 0.305 e. The van der Waals surface area contributed by atoms with E-state index in [4.69, 9.17) is 4.74 Å². The van der Waals surface area contributed by atoms with Crippen LogP contribution in [0.3, 0.4) is 0 Å². The van der Waals surface area contributed by atoms with Crippen LogP contribution in [-0.2, 0) is 17.7 Å². The second-order valence-electron chi connectivity index (χ2n) is 12.4. The number of carbonyl (C=O) groups excluding carboxylic acids is 2. The Balaban J connectivity index is 0.991. The third-order valence-electron chi connectivity index (χ3n) is 8.77. The minimum absolute atomic E-state index is 0.0245. The first-order valence-electron chi connectivity index (χ1n) is 15.6. The van der Waals surface area contributed by atoms with Crippen LogP contribution in [0.4, 0.5) is 4.39 Å². The number of piperidine rings is 1. The number of phenolic OH excluding ortho intramolecular Hbond substituents is 1. The number of nitrogens with zero attached hydrogens (tertiary/aromatic N) is 3. The van der Waals surface area contributed by atoms with Crippen molar-refractivity contribution in [1.29, 1.82) is 0 Å². The van der Waals surface area contributed by atoms with Crippen molar-refractivity contribution in [2.45, 2.75) is 51.2 Å². The van der Waals surface area contributed by atoms with Gasteiger partial charge in [0.25, 0.3) is 5.91 Å². The summed E-state index contributed by atoms with van der Waals surface area (Å²) < 4.78 is 21.4. The third-order valence-corrected chi connectivity index (χ3v) is 10.8. The molecular formula is C33H38FN5O5S2. The molecule has 2 fully saturated rings. The van der Waals surface area contributed by atoms with E-state index in [0.29, 0.717) is 66.6 Å². The number of fused-ring (bicyclic) bond motifs is 1. The van der Waals surface area contributed by atoms with Crippen molar-refractivity contribution in [2.75, 3.05) is 45.9 Å². The third kappa shape index (κ3) is 7.08. The molecule has 0 bridgehead atoms. The minimum Gasteiger partial charge on any atom is -0.506 e. The number of hydrogen-bond donors (Lipinski definition) is 3. The molecular weight excluding hydrogens is 630 g/mol. The van der Waals surface area contributed by atoms with Gasteiger partial charge in [0.05, 0.1) is 35.0 Å². The molecule has 0 radical (unpaired) electrons. The van der Waals surface area contributed by atoms with Gasteiger partial charge in [-0.05, 0) is 55.1 Å². The molecule has 4 aromatic rings. The highest BCUT2D eigenvalue weighted by atomic mass is 32.1. The second-order valence-corrected chi connectivity index (χ2v) is 14.3. The number of morpholine rings is 1. The molecule has 6 rings (SSSR count). The zero-order valence-corrected chi connectivity index (χ0v) is 27.6. The number of carbonyl (C=O) groups is 2. The quantitative estimate of drug-likeness (QED) is 0.166. The van der Waals surface area contributed by atoms with E-state index >= 15 is 0 Å². The molecule has 0 aliphatic carbocycles. The highest BCUT2D eigenvalue weighted by Crippen LogP contribution is 2.32. The fourth-order valence-corrected chi connectivity index (χ4v) is 7.88. The first kappa shape index (κ1) is 32.5. The Morgan fingerprint density at radius 2 is 2.00 bits per heavy atom. The molecule has 4 heterocycles. The summed E-state index contributed by atoms with van der Waals surface area (Å²) in [4.78, 5) is 48.8. The van der Waals surface area contributed by atoms with Crippen molar-refractivity contribution in [3.63, 3.8) is 0 Å². The predicted octanol–water partition coefficient (Wildman–Crippen LogP) is 4.54. The van der Waals surface area contributed by atoms with Crippen LogP contribution in [0, 0.1) is 5.82 Å². The number of H-pyrrole nitrogens is 1. The van der Waals surface area contributed by atoms with Crippen molar-refractivity contribution in [3.8, 4) is 5.75 Å². The fourth-order valence-electron chi connectivity index (χ4n) is 6.19. The van der Waals surface area contributed by atoms with Gasteiger partial charge in [-0.3, -0.25) is 19.3 Å². The Morgan fingerprint density at radius 1 is 1.20 bits per heavy atom. The Morgan fingerprint density at radius 3 is 2.76 bits per heavy atom. The van der Waals surface area contributed by atoms with Crippen LogP contribution in [0.25, 0.3) is 10.2 Å². The van der Waals surface area contributed by atoms with E-state index in [2.05, 4.69) is 34.0 Å². The highest BCUT2D eigenvalue weighted by Gasteiger charge is 2.41. The summed E-state index contributed by atoms with van der Waals surface area (Å²) in [6, 6.07) is 8.11. The maximum absolute atomic E-state index is 14.7. The van der Waals surface area contributed by atoms with Gasteiger partial charge in [-0.1, -0.05) is 37.3 Å². The first-order chi connectivity index (χ1) is 22.1. The second kappa shape index (κ2) is 13.7. The normalized spacial score (nSPS) is 16.9. The van der Waals surface area contributed by atoms with E-state index in [1.807, 2.05) is 22.4 Å². The van der Waals surface area contributed by atoms with Crippen LogP contribution in [0.1, 0.15) is 69.6 Å². The Kier molecular flexibility index (Phi) is 9.67. The van der Waals surface area contributed by atoms with Gasteiger partial charge in [-0.2, -0.15) is 0 Å². The van der Waals surface area contributed by atoms with Crippen molar-refractivity contribution in [2.24, 2.45) is 0 Å². The number of rotatable bonds is 10. The van der Waals surface area contributed by atoms with Crippen molar-refractivity contribution >= 4 is 44.6 Å². The zero-order valence-electron chi connectivity index (χ0n) is 25.9. The summed E-state index contributed by atoms with van der Waals surface area (Å²) in [6.07, 6.45) is 2.03. The number of halogens is 1. The molecule has 1 amide bonds. The lowest BCUT2D eigenvalue weighted by atomic mass is 9.89. The molecule has 0 saturated carbocycles. The van der Waals surface area contributed by atoms with Gasteiger partial charge >= 0.3 is 4.87 Å². The average molecular weight is 668 g/mol. The van der Waals surface area contributed by atoms with Gasteiger partial charge in [-0.15, -0.1) is 11.3 Å². The number of ketones is 1. The van der Waals surface area contributed by atoms with Gasteiger partial charge in [0.15, 0.2) is 5.78 Å². The fraction of sp³-hybridized carbons (Fsp3) is 0.455. The van der Waals surface area contributed by atoms with E-state index in [1.54, 1.807) is 0 Å². The van der Waals surface area contributed by atoms with Gasteiger partial charge in [0, 0.05) is 43.0 Å². The molecule has 46 heavy (non-hydrogen) atoms. The molecule has 3 N–H and O–H groups in total. The molecule has 2 aliphatic heterocycles. The average Bonchev–Trinajstić information content (AvgIpc) is 3.70. The molecule has 0 atom stereocenters. The van der Waals surface area contributed by atoms with Crippen LogP contribution in [0.15, 0.2) is 40.5 Å². The van der Waals surface area contributed by atoms with E-state index in [9.17, 15) is 23.9 Å². The maximum atomic E-state index is 14.7. The largest absolute Gasteiger partial charge is 0.506 e. The first-order valence-corrected chi connectivity index (χ1v) is 17.3.